The van der Waals surface area contributed by atoms with Gasteiger partial charge in [0.1, 0.15) is 12.7 Å². The Labute approximate surface area is 165 Å². The molecule has 2 unspecified atom stereocenters. The van der Waals surface area contributed by atoms with Gasteiger partial charge in [-0.15, -0.1) is 0 Å². The molecule has 10 heteroatoms. The maximum Gasteiger partial charge on any atom is 0.407 e. The number of aromatic carboxylic acids is 1. The van der Waals surface area contributed by atoms with Crippen LogP contribution >= 0.6 is 11.8 Å². The summed E-state index contributed by atoms with van der Waals surface area (Å²) in [4.78, 5) is 30.8. The summed E-state index contributed by atoms with van der Waals surface area (Å²) in [6.45, 7) is 0.136. The molecule has 2 atom stereocenters. The number of ether oxygens (including phenoxy) is 1. The summed E-state index contributed by atoms with van der Waals surface area (Å²) >= 11 is 1.16. The van der Waals surface area contributed by atoms with Gasteiger partial charge in [-0.05, 0) is 18.2 Å². The van der Waals surface area contributed by atoms with Crippen molar-refractivity contribution in [3.05, 3.63) is 53.3 Å². The standard InChI is InChI=1S/C18H21N3O6S/c1-28-17-20-9-12(14(21-17)16(24)25)15(23)13(22)7-8-19-18(26)27-10-11-5-3-2-4-6-11/h2-6,9,13,15,22-23H,7-8,10H2,1H3,(H,19,26)(H,24,25). The average Bonchev–Trinajstić information content (AvgIpc) is 2.71. The number of carboxylic acids is 1. The molecule has 0 bridgehead atoms. The zero-order valence-corrected chi connectivity index (χ0v) is 15.9. The second-order valence-electron chi connectivity index (χ2n) is 5.76. The zero-order chi connectivity index (χ0) is 20.5. The predicted molar refractivity (Wildman–Crippen MR) is 101 cm³/mol. The van der Waals surface area contributed by atoms with Crippen LogP contribution in [0.3, 0.4) is 0 Å². The number of thioether (sulfide) groups is 1. The van der Waals surface area contributed by atoms with E-state index < -0.39 is 24.3 Å². The van der Waals surface area contributed by atoms with Crippen molar-refractivity contribution in [2.45, 2.75) is 30.4 Å². The Morgan fingerprint density at radius 2 is 1.96 bits per heavy atom. The Morgan fingerprint density at radius 1 is 1.25 bits per heavy atom. The Kier molecular flexibility index (Phi) is 8.18. The van der Waals surface area contributed by atoms with Crippen molar-refractivity contribution in [2.24, 2.45) is 0 Å². The van der Waals surface area contributed by atoms with Crippen molar-refractivity contribution < 1.29 is 29.6 Å². The van der Waals surface area contributed by atoms with E-state index in [1.165, 1.54) is 6.20 Å². The van der Waals surface area contributed by atoms with Gasteiger partial charge in [0.25, 0.3) is 0 Å². The molecular weight excluding hydrogens is 386 g/mol. The fourth-order valence-corrected chi connectivity index (χ4v) is 2.66. The van der Waals surface area contributed by atoms with E-state index in [1.54, 1.807) is 6.26 Å². The number of aliphatic hydroxyl groups is 2. The molecule has 0 spiro atoms. The van der Waals surface area contributed by atoms with Crippen LogP contribution in [0.1, 0.15) is 34.1 Å². The van der Waals surface area contributed by atoms with Crippen molar-refractivity contribution in [1.29, 1.82) is 0 Å². The van der Waals surface area contributed by atoms with E-state index in [9.17, 15) is 24.9 Å². The van der Waals surface area contributed by atoms with E-state index in [0.717, 1.165) is 17.3 Å². The van der Waals surface area contributed by atoms with Gasteiger partial charge in [0.05, 0.1) is 6.10 Å². The van der Waals surface area contributed by atoms with E-state index >= 15 is 0 Å². The van der Waals surface area contributed by atoms with Crippen LogP contribution in [0.5, 0.6) is 0 Å². The number of amides is 1. The molecule has 2 rings (SSSR count). The highest BCUT2D eigenvalue weighted by molar-refractivity contribution is 7.98. The summed E-state index contributed by atoms with van der Waals surface area (Å²) in [7, 11) is 0. The van der Waals surface area contributed by atoms with Crippen LogP contribution < -0.4 is 5.32 Å². The van der Waals surface area contributed by atoms with E-state index in [4.69, 9.17) is 4.74 Å². The van der Waals surface area contributed by atoms with Crippen LogP contribution in [0.15, 0.2) is 41.7 Å². The molecule has 2 aromatic rings. The first kappa shape index (κ1) is 21.6. The number of carbonyl (C=O) groups excluding carboxylic acids is 1. The van der Waals surface area contributed by atoms with Gasteiger partial charge in [-0.2, -0.15) is 0 Å². The third-order valence-electron chi connectivity index (χ3n) is 3.79. The highest BCUT2D eigenvalue weighted by Crippen LogP contribution is 2.23. The number of aromatic nitrogens is 2. The van der Waals surface area contributed by atoms with Gasteiger partial charge in [-0.1, -0.05) is 42.1 Å². The molecule has 28 heavy (non-hydrogen) atoms. The summed E-state index contributed by atoms with van der Waals surface area (Å²) < 4.78 is 5.04. The van der Waals surface area contributed by atoms with Crippen molar-refractivity contribution in [1.82, 2.24) is 15.3 Å². The summed E-state index contributed by atoms with van der Waals surface area (Å²) in [6.07, 6.45) is -0.651. The molecule has 0 radical (unpaired) electrons. The number of hydrogen-bond donors (Lipinski definition) is 4. The molecule has 0 aliphatic rings. The van der Waals surface area contributed by atoms with Crippen molar-refractivity contribution in [3.8, 4) is 0 Å². The number of carbonyl (C=O) groups is 2. The lowest BCUT2D eigenvalue weighted by Gasteiger charge is -2.19. The van der Waals surface area contributed by atoms with Crippen LogP contribution in [0.2, 0.25) is 0 Å². The van der Waals surface area contributed by atoms with E-state index in [2.05, 4.69) is 15.3 Å². The molecule has 0 aliphatic heterocycles. The van der Waals surface area contributed by atoms with Gasteiger partial charge in [-0.25, -0.2) is 19.6 Å². The summed E-state index contributed by atoms with van der Waals surface area (Å²) in [6, 6.07) is 9.14. The molecule has 1 aromatic carbocycles. The minimum Gasteiger partial charge on any atom is -0.476 e. The Hall–Kier alpha value is -2.69. The molecule has 150 valence electrons. The number of benzene rings is 1. The number of aliphatic hydroxyl groups excluding tert-OH is 2. The molecule has 1 heterocycles. The van der Waals surface area contributed by atoms with Crippen molar-refractivity contribution in [2.75, 3.05) is 12.8 Å². The number of carboxylic acid groups (broad SMARTS) is 1. The molecule has 9 nitrogen and oxygen atoms in total. The summed E-state index contributed by atoms with van der Waals surface area (Å²) in [5, 5.41) is 32.3. The number of nitrogens with one attached hydrogen (secondary N) is 1. The highest BCUT2D eigenvalue weighted by atomic mass is 32.2. The van der Waals surface area contributed by atoms with Crippen molar-refractivity contribution in [3.63, 3.8) is 0 Å². The Morgan fingerprint density at radius 3 is 2.61 bits per heavy atom. The summed E-state index contributed by atoms with van der Waals surface area (Å²) in [5.74, 6) is -1.33. The highest BCUT2D eigenvalue weighted by Gasteiger charge is 2.26. The number of hydrogen-bond acceptors (Lipinski definition) is 8. The monoisotopic (exact) mass is 407 g/mol. The molecule has 0 saturated carbocycles. The van der Waals surface area contributed by atoms with Crippen LogP contribution in [0.25, 0.3) is 0 Å². The van der Waals surface area contributed by atoms with Gasteiger partial charge in [0.2, 0.25) is 0 Å². The second-order valence-corrected chi connectivity index (χ2v) is 6.53. The lowest BCUT2D eigenvalue weighted by molar-refractivity contribution is 0.0121. The van der Waals surface area contributed by atoms with Crippen molar-refractivity contribution >= 4 is 23.8 Å². The van der Waals surface area contributed by atoms with E-state index in [1.807, 2.05) is 30.3 Å². The first-order chi connectivity index (χ1) is 13.4. The third kappa shape index (κ3) is 6.19. The molecule has 4 N–H and O–H groups in total. The molecule has 1 aromatic heterocycles. The molecular formula is C18H21N3O6S. The van der Waals surface area contributed by atoms with Crippen LogP contribution in [-0.4, -0.2) is 56.3 Å². The molecule has 0 saturated heterocycles. The van der Waals surface area contributed by atoms with E-state index in [0.29, 0.717) is 0 Å². The lowest BCUT2D eigenvalue weighted by atomic mass is 10.0. The number of nitrogens with zero attached hydrogens (tertiary/aromatic N) is 2. The first-order valence-corrected chi connectivity index (χ1v) is 9.59. The second kappa shape index (κ2) is 10.6. The van der Waals surface area contributed by atoms with Crippen LogP contribution in [-0.2, 0) is 11.3 Å². The quantitative estimate of drug-likeness (QED) is 0.360. The van der Waals surface area contributed by atoms with Crippen LogP contribution in [0.4, 0.5) is 4.79 Å². The average molecular weight is 407 g/mol. The predicted octanol–water partition coefficient (Wildman–Crippen LogP) is 1.61. The molecule has 0 fully saturated rings. The first-order valence-electron chi connectivity index (χ1n) is 8.37. The zero-order valence-electron chi connectivity index (χ0n) is 15.1. The largest absolute Gasteiger partial charge is 0.476 e. The topological polar surface area (TPSA) is 142 Å². The minimum absolute atomic E-state index is 0.0229. The number of alkyl carbamates (subject to hydrolysis) is 1. The lowest BCUT2D eigenvalue weighted by Crippen LogP contribution is -2.30. The summed E-state index contributed by atoms with van der Waals surface area (Å²) in [5.41, 5.74) is 0.369. The van der Waals surface area contributed by atoms with Gasteiger partial charge in [-0.3, -0.25) is 0 Å². The molecule has 0 aliphatic carbocycles. The normalized spacial score (nSPS) is 12.8. The van der Waals surface area contributed by atoms with Gasteiger partial charge in [0.15, 0.2) is 10.9 Å². The SMILES string of the molecule is CSc1ncc(C(O)C(O)CCNC(=O)OCc2ccccc2)c(C(=O)O)n1. The van der Waals surface area contributed by atoms with E-state index in [-0.39, 0.29) is 36.0 Å². The maximum atomic E-state index is 11.7. The maximum absolute atomic E-state index is 11.7. The van der Waals surface area contributed by atoms with Gasteiger partial charge in [0, 0.05) is 18.3 Å². The Bertz CT molecular complexity index is 805. The fourth-order valence-electron chi connectivity index (χ4n) is 2.32. The molecule has 1 amide bonds. The van der Waals surface area contributed by atoms with Gasteiger partial charge >= 0.3 is 12.1 Å². The third-order valence-corrected chi connectivity index (χ3v) is 4.35. The van der Waals surface area contributed by atoms with Crippen LogP contribution in [0, 0.1) is 0 Å². The smallest absolute Gasteiger partial charge is 0.407 e. The Balaban J connectivity index is 1.84. The fraction of sp³-hybridized carbons (Fsp3) is 0.333. The minimum atomic E-state index is -1.51. The van der Waals surface area contributed by atoms with Gasteiger partial charge < -0.3 is 25.4 Å². The number of rotatable bonds is 9.